The van der Waals surface area contributed by atoms with Crippen LogP contribution in [0.2, 0.25) is 0 Å². The Kier molecular flexibility index (Phi) is 3.07. The topological polar surface area (TPSA) is 78.4 Å². The lowest BCUT2D eigenvalue weighted by molar-refractivity contribution is 0.483. The number of rotatable bonds is 1. The average molecular weight is 400 g/mol. The number of anilines is 2. The zero-order chi connectivity index (χ0) is 19.8. The van der Waals surface area contributed by atoms with E-state index in [-0.39, 0.29) is 4.90 Å². The van der Waals surface area contributed by atoms with Gasteiger partial charge in [0.15, 0.2) is 5.66 Å². The third-order valence-corrected chi connectivity index (χ3v) is 6.71. The SMILES string of the molecule is O=S(=O)(O)c1ccc2c(c1)C1(Nc3cccc4cccc(c34)N1)c1ccccc1-2. The maximum absolute atomic E-state index is 11.8. The normalized spacial score (nSPS) is 15.5. The van der Waals surface area contributed by atoms with Crippen LogP contribution in [0.4, 0.5) is 11.4 Å². The molecular weight excluding hydrogens is 384 g/mol. The molecule has 3 N–H and O–H groups in total. The smallest absolute Gasteiger partial charge is 0.294 e. The summed E-state index contributed by atoms with van der Waals surface area (Å²) in [6.07, 6.45) is 0. The van der Waals surface area contributed by atoms with Gasteiger partial charge in [0.2, 0.25) is 0 Å². The minimum absolute atomic E-state index is 0.121. The van der Waals surface area contributed by atoms with E-state index in [0.717, 1.165) is 44.4 Å². The number of fused-ring (bicyclic) bond motifs is 5. The van der Waals surface area contributed by atoms with Gasteiger partial charge in [-0.25, -0.2) is 0 Å². The first kappa shape index (κ1) is 16.6. The molecule has 0 unspecified atom stereocenters. The van der Waals surface area contributed by atoms with Crippen molar-refractivity contribution in [3.05, 3.63) is 90.0 Å². The van der Waals surface area contributed by atoms with Gasteiger partial charge in [-0.1, -0.05) is 54.6 Å². The van der Waals surface area contributed by atoms with Crippen molar-refractivity contribution in [3.8, 4) is 11.1 Å². The average Bonchev–Trinajstić information content (AvgIpc) is 2.97. The van der Waals surface area contributed by atoms with Crippen molar-refractivity contribution in [2.75, 3.05) is 10.6 Å². The molecule has 1 spiro atoms. The molecule has 1 aliphatic carbocycles. The number of hydrogen-bond acceptors (Lipinski definition) is 4. The number of benzene rings is 4. The summed E-state index contributed by atoms with van der Waals surface area (Å²) in [4.78, 5) is -0.121. The molecule has 0 radical (unpaired) electrons. The van der Waals surface area contributed by atoms with Crippen LogP contribution in [0, 0.1) is 0 Å². The van der Waals surface area contributed by atoms with Gasteiger partial charge in [-0.05, 0) is 40.8 Å². The molecule has 1 aliphatic heterocycles. The van der Waals surface area contributed by atoms with E-state index in [1.807, 2.05) is 48.5 Å². The molecule has 0 fully saturated rings. The second kappa shape index (κ2) is 5.37. The highest BCUT2D eigenvalue weighted by molar-refractivity contribution is 7.85. The Hall–Kier alpha value is -3.35. The Morgan fingerprint density at radius 2 is 1.38 bits per heavy atom. The molecule has 0 atom stereocenters. The fraction of sp³-hybridized carbons (Fsp3) is 0.0435. The molecule has 29 heavy (non-hydrogen) atoms. The monoisotopic (exact) mass is 400 g/mol. The minimum atomic E-state index is -4.32. The van der Waals surface area contributed by atoms with Crippen molar-refractivity contribution in [1.82, 2.24) is 0 Å². The van der Waals surface area contributed by atoms with Gasteiger partial charge in [0.1, 0.15) is 0 Å². The Morgan fingerprint density at radius 1 is 0.724 bits per heavy atom. The van der Waals surface area contributed by atoms with Crippen LogP contribution in [0.15, 0.2) is 83.8 Å². The van der Waals surface area contributed by atoms with E-state index in [1.165, 1.54) is 6.07 Å². The van der Waals surface area contributed by atoms with E-state index < -0.39 is 15.8 Å². The van der Waals surface area contributed by atoms with Crippen LogP contribution >= 0.6 is 0 Å². The van der Waals surface area contributed by atoms with Crippen LogP contribution in [0.25, 0.3) is 21.9 Å². The predicted octanol–water partition coefficient (Wildman–Crippen LogP) is 4.81. The molecule has 5 nitrogen and oxygen atoms in total. The van der Waals surface area contributed by atoms with Gasteiger partial charge in [0, 0.05) is 27.9 Å². The molecule has 142 valence electrons. The Balaban J connectivity index is 1.69. The van der Waals surface area contributed by atoms with Gasteiger partial charge in [-0.15, -0.1) is 0 Å². The van der Waals surface area contributed by atoms with Crippen LogP contribution in [0.1, 0.15) is 11.1 Å². The van der Waals surface area contributed by atoms with Crippen molar-refractivity contribution < 1.29 is 13.0 Å². The van der Waals surface area contributed by atoms with Gasteiger partial charge in [0.25, 0.3) is 10.1 Å². The van der Waals surface area contributed by atoms with E-state index in [2.05, 4.69) is 22.8 Å². The van der Waals surface area contributed by atoms with Gasteiger partial charge >= 0.3 is 0 Å². The van der Waals surface area contributed by atoms with E-state index in [0.29, 0.717) is 0 Å². The molecule has 0 bridgehead atoms. The Morgan fingerprint density at radius 3 is 2.07 bits per heavy atom. The summed E-state index contributed by atoms with van der Waals surface area (Å²) in [5, 5.41) is 9.49. The first-order valence-corrected chi connectivity index (χ1v) is 10.7. The van der Waals surface area contributed by atoms with E-state index in [1.54, 1.807) is 12.1 Å². The summed E-state index contributed by atoms with van der Waals surface area (Å²) in [5.41, 5.74) is 4.83. The zero-order valence-corrected chi connectivity index (χ0v) is 16.0. The Labute approximate surface area is 167 Å². The van der Waals surface area contributed by atoms with Crippen molar-refractivity contribution in [2.45, 2.75) is 10.6 Å². The van der Waals surface area contributed by atoms with Gasteiger partial charge < -0.3 is 10.6 Å². The highest BCUT2D eigenvalue weighted by Crippen LogP contribution is 2.53. The molecule has 2 aliphatic rings. The Bertz CT molecular complexity index is 1400. The molecule has 0 saturated heterocycles. The molecule has 4 aromatic carbocycles. The lowest BCUT2D eigenvalue weighted by atomic mass is 9.91. The van der Waals surface area contributed by atoms with Gasteiger partial charge in [-0.3, -0.25) is 4.55 Å². The van der Waals surface area contributed by atoms with Crippen LogP contribution in [-0.4, -0.2) is 13.0 Å². The van der Waals surface area contributed by atoms with Crippen LogP contribution in [0.5, 0.6) is 0 Å². The standard InChI is InChI=1S/C23H16N2O3S/c26-29(27,28)15-11-12-17-16-7-1-2-8-18(16)23(19(17)13-15)24-20-9-3-5-14-6-4-10-21(25-23)22(14)20/h1-13,24-25H,(H,26,27,28). The molecule has 0 saturated carbocycles. The molecule has 4 aromatic rings. The first-order valence-electron chi connectivity index (χ1n) is 9.27. The lowest BCUT2D eigenvalue weighted by Crippen LogP contribution is -2.44. The van der Waals surface area contributed by atoms with E-state index >= 15 is 0 Å². The highest BCUT2D eigenvalue weighted by atomic mass is 32.2. The largest absolute Gasteiger partial charge is 0.355 e. The van der Waals surface area contributed by atoms with Crippen molar-refractivity contribution in [2.24, 2.45) is 0 Å². The maximum Gasteiger partial charge on any atom is 0.294 e. The number of hydrogen-bond donors (Lipinski definition) is 3. The van der Waals surface area contributed by atoms with E-state index in [9.17, 15) is 13.0 Å². The fourth-order valence-electron chi connectivity index (χ4n) is 4.67. The van der Waals surface area contributed by atoms with Crippen molar-refractivity contribution in [1.29, 1.82) is 0 Å². The third-order valence-electron chi connectivity index (χ3n) is 5.86. The fourth-order valence-corrected chi connectivity index (χ4v) is 5.18. The summed E-state index contributed by atoms with van der Waals surface area (Å²) >= 11 is 0. The second-order valence-corrected chi connectivity index (χ2v) is 8.86. The first-order chi connectivity index (χ1) is 14.0. The van der Waals surface area contributed by atoms with Crippen molar-refractivity contribution >= 4 is 32.3 Å². The summed E-state index contributed by atoms with van der Waals surface area (Å²) in [6.45, 7) is 0. The molecular formula is C23H16N2O3S. The quantitative estimate of drug-likeness (QED) is 0.400. The third kappa shape index (κ3) is 2.15. The molecule has 0 aromatic heterocycles. The molecule has 6 heteroatoms. The highest BCUT2D eigenvalue weighted by Gasteiger charge is 2.46. The molecule has 0 amide bonds. The van der Waals surface area contributed by atoms with Crippen LogP contribution in [0.3, 0.4) is 0 Å². The summed E-state index contributed by atoms with van der Waals surface area (Å²) in [7, 11) is -4.32. The van der Waals surface area contributed by atoms with Gasteiger partial charge in [-0.2, -0.15) is 8.42 Å². The summed E-state index contributed by atoms with van der Waals surface area (Å²) < 4.78 is 33.3. The summed E-state index contributed by atoms with van der Waals surface area (Å²) in [5.74, 6) is 0. The summed E-state index contributed by atoms with van der Waals surface area (Å²) in [6, 6.07) is 25.0. The maximum atomic E-state index is 11.8. The molecule has 6 rings (SSSR count). The van der Waals surface area contributed by atoms with Crippen LogP contribution in [-0.2, 0) is 15.8 Å². The lowest BCUT2D eigenvalue weighted by Gasteiger charge is -2.40. The second-order valence-electron chi connectivity index (χ2n) is 7.44. The van der Waals surface area contributed by atoms with Gasteiger partial charge in [0.05, 0.1) is 4.90 Å². The van der Waals surface area contributed by atoms with Crippen LogP contribution < -0.4 is 10.6 Å². The number of nitrogens with one attached hydrogen (secondary N) is 2. The zero-order valence-electron chi connectivity index (χ0n) is 15.2. The molecule has 1 heterocycles. The minimum Gasteiger partial charge on any atom is -0.355 e. The van der Waals surface area contributed by atoms with E-state index in [4.69, 9.17) is 0 Å². The van der Waals surface area contributed by atoms with Crippen molar-refractivity contribution in [3.63, 3.8) is 0 Å². The predicted molar refractivity (Wildman–Crippen MR) is 114 cm³/mol.